The molecular weight excluding hydrogens is 477 g/mol. The van der Waals surface area contributed by atoms with E-state index in [9.17, 15) is 14.7 Å². The van der Waals surface area contributed by atoms with E-state index in [1.165, 1.54) is 0 Å². The Morgan fingerprint density at radius 1 is 1.24 bits per heavy atom. The highest BCUT2D eigenvalue weighted by molar-refractivity contribution is 6.43. The normalized spacial score (nSPS) is 21.6. The number of halogens is 2. The maximum atomic E-state index is 13.3. The summed E-state index contributed by atoms with van der Waals surface area (Å²) < 4.78 is 1.86. The zero-order chi connectivity index (χ0) is 24.2. The van der Waals surface area contributed by atoms with Crippen molar-refractivity contribution in [1.82, 2.24) is 19.4 Å². The molecule has 0 aliphatic carbocycles. The van der Waals surface area contributed by atoms with Gasteiger partial charge >= 0.3 is 5.97 Å². The summed E-state index contributed by atoms with van der Waals surface area (Å²) in [5.74, 6) is -1.30. The average Bonchev–Trinajstić information content (AvgIpc) is 3.54. The molecule has 1 amide bonds. The number of hydrogen-bond acceptors (Lipinski definition) is 5. The minimum absolute atomic E-state index is 0.0176. The minimum Gasteiger partial charge on any atom is -0.481 e. The van der Waals surface area contributed by atoms with Crippen molar-refractivity contribution in [1.29, 1.82) is 0 Å². The molecule has 1 N–H and O–H groups in total. The van der Waals surface area contributed by atoms with Gasteiger partial charge in [0.1, 0.15) is 0 Å². The smallest absolute Gasteiger partial charge is 0.308 e. The van der Waals surface area contributed by atoms with Crippen LogP contribution in [0.2, 0.25) is 10.0 Å². The van der Waals surface area contributed by atoms with Crippen molar-refractivity contribution in [2.75, 3.05) is 26.2 Å². The van der Waals surface area contributed by atoms with Crippen LogP contribution in [0.25, 0.3) is 5.70 Å². The standard InChI is InChI=1S/C24H27Cl2N5O3/c1-27-22-17(6-7-18(25)21(22)26)19(31-13-9-28-15-31)8-12-29-10-3-5-20(29)23(32)30-11-2-4-16(14-30)24(33)34/h6-9,13,15-16,20H,1-5,10-12,14H2,(H,33,34)/b19-8+/t16?,20-/m0/s1. The summed E-state index contributed by atoms with van der Waals surface area (Å²) in [5, 5.41) is 10.1. The molecule has 3 heterocycles. The molecular formula is C24H27Cl2N5O3. The number of hydrogen-bond donors (Lipinski definition) is 1. The van der Waals surface area contributed by atoms with Gasteiger partial charge in [0.2, 0.25) is 5.91 Å². The van der Waals surface area contributed by atoms with Crippen LogP contribution in [0.1, 0.15) is 31.2 Å². The number of carbonyl (C=O) groups excluding carboxylic acids is 1. The predicted molar refractivity (Wildman–Crippen MR) is 133 cm³/mol. The number of amides is 1. The fraction of sp³-hybridized carbons (Fsp3) is 0.417. The van der Waals surface area contributed by atoms with E-state index < -0.39 is 11.9 Å². The summed E-state index contributed by atoms with van der Waals surface area (Å²) >= 11 is 12.6. The van der Waals surface area contributed by atoms with Gasteiger partial charge in [-0.15, -0.1) is 0 Å². The zero-order valence-electron chi connectivity index (χ0n) is 18.7. The zero-order valence-corrected chi connectivity index (χ0v) is 20.3. The Labute approximate surface area is 208 Å². The lowest BCUT2D eigenvalue weighted by Gasteiger charge is -2.34. The molecule has 1 aromatic heterocycles. The molecule has 2 saturated heterocycles. The largest absolute Gasteiger partial charge is 0.481 e. The second kappa shape index (κ2) is 10.7. The summed E-state index contributed by atoms with van der Waals surface area (Å²) in [7, 11) is 0. The first-order valence-electron chi connectivity index (χ1n) is 11.3. The van der Waals surface area contributed by atoms with Crippen molar-refractivity contribution >= 4 is 53.2 Å². The van der Waals surface area contributed by atoms with E-state index in [4.69, 9.17) is 23.2 Å². The van der Waals surface area contributed by atoms with Crippen LogP contribution in [0.15, 0.2) is 41.9 Å². The monoisotopic (exact) mass is 503 g/mol. The van der Waals surface area contributed by atoms with Gasteiger partial charge in [0.25, 0.3) is 0 Å². The first-order chi connectivity index (χ1) is 16.4. The number of benzene rings is 1. The maximum absolute atomic E-state index is 13.3. The molecule has 4 rings (SSSR count). The Hall–Kier alpha value is -2.68. The summed E-state index contributed by atoms with van der Waals surface area (Å²) in [5.41, 5.74) is 2.04. The molecule has 0 radical (unpaired) electrons. The highest BCUT2D eigenvalue weighted by Crippen LogP contribution is 2.38. The van der Waals surface area contributed by atoms with Crippen molar-refractivity contribution in [3.63, 3.8) is 0 Å². The van der Waals surface area contributed by atoms with Gasteiger partial charge < -0.3 is 14.6 Å². The molecule has 1 aromatic carbocycles. The Balaban J connectivity index is 1.58. The third kappa shape index (κ3) is 5.04. The van der Waals surface area contributed by atoms with Crippen molar-refractivity contribution in [2.45, 2.75) is 31.7 Å². The van der Waals surface area contributed by atoms with Crippen molar-refractivity contribution in [2.24, 2.45) is 10.9 Å². The quantitative estimate of drug-likeness (QED) is 0.571. The van der Waals surface area contributed by atoms with Gasteiger partial charge in [0.15, 0.2) is 0 Å². The first kappa shape index (κ1) is 24.4. The van der Waals surface area contributed by atoms with Gasteiger partial charge in [0, 0.05) is 37.6 Å². The predicted octanol–water partition coefficient (Wildman–Crippen LogP) is 4.20. The third-order valence-corrected chi connectivity index (χ3v) is 7.33. The van der Waals surface area contributed by atoms with Gasteiger partial charge in [-0.1, -0.05) is 23.2 Å². The van der Waals surface area contributed by atoms with Crippen LogP contribution in [-0.2, 0) is 9.59 Å². The second-order valence-electron chi connectivity index (χ2n) is 8.59. The van der Waals surface area contributed by atoms with E-state index >= 15 is 0 Å². The topological polar surface area (TPSA) is 91.0 Å². The average molecular weight is 504 g/mol. The number of aliphatic carboxylic acids is 1. The van der Waals surface area contributed by atoms with E-state index in [-0.39, 0.29) is 18.5 Å². The number of aliphatic imine (C=N–C) groups is 1. The molecule has 10 heteroatoms. The fourth-order valence-electron chi connectivity index (χ4n) is 4.77. The number of rotatable bonds is 7. The summed E-state index contributed by atoms with van der Waals surface area (Å²) in [6, 6.07) is 3.30. The molecule has 0 bridgehead atoms. The highest BCUT2D eigenvalue weighted by Gasteiger charge is 2.36. The highest BCUT2D eigenvalue weighted by atomic mass is 35.5. The SMILES string of the molecule is C=Nc1c(/C(=C\CN2CCC[C@H]2C(=O)N2CCCC(C(=O)O)C2)n2ccnc2)ccc(Cl)c1Cl. The molecule has 0 saturated carbocycles. The van der Waals surface area contributed by atoms with Crippen LogP contribution < -0.4 is 0 Å². The lowest BCUT2D eigenvalue weighted by atomic mass is 9.97. The number of aromatic nitrogens is 2. The maximum Gasteiger partial charge on any atom is 0.308 e. The molecule has 2 atom stereocenters. The second-order valence-corrected chi connectivity index (χ2v) is 9.37. The lowest BCUT2D eigenvalue weighted by molar-refractivity contribution is -0.146. The molecule has 8 nitrogen and oxygen atoms in total. The molecule has 34 heavy (non-hydrogen) atoms. The van der Waals surface area contributed by atoms with Gasteiger partial charge in [-0.3, -0.25) is 19.5 Å². The van der Waals surface area contributed by atoms with Crippen LogP contribution in [-0.4, -0.2) is 75.3 Å². The van der Waals surface area contributed by atoms with Crippen LogP contribution in [0.3, 0.4) is 0 Å². The molecule has 2 aliphatic heterocycles. The number of carbonyl (C=O) groups is 2. The fourth-order valence-corrected chi connectivity index (χ4v) is 5.15. The summed E-state index contributed by atoms with van der Waals surface area (Å²) in [6.45, 7) is 5.86. The van der Waals surface area contributed by atoms with Crippen LogP contribution in [0.5, 0.6) is 0 Å². The molecule has 0 spiro atoms. The minimum atomic E-state index is -0.832. The number of carboxylic acid groups (broad SMARTS) is 1. The van der Waals surface area contributed by atoms with Gasteiger partial charge in [-0.2, -0.15) is 0 Å². The number of piperidine rings is 1. The Kier molecular flexibility index (Phi) is 7.70. The lowest BCUT2D eigenvalue weighted by Crippen LogP contribution is -2.50. The van der Waals surface area contributed by atoms with E-state index in [0.29, 0.717) is 35.2 Å². The third-order valence-electron chi connectivity index (χ3n) is 6.54. The van der Waals surface area contributed by atoms with Gasteiger partial charge in [-0.05, 0) is 57.2 Å². The van der Waals surface area contributed by atoms with E-state index in [1.54, 1.807) is 23.5 Å². The van der Waals surface area contributed by atoms with Crippen LogP contribution >= 0.6 is 23.2 Å². The van der Waals surface area contributed by atoms with Crippen LogP contribution in [0, 0.1) is 5.92 Å². The van der Waals surface area contributed by atoms with Crippen molar-refractivity contribution in [3.05, 3.63) is 52.5 Å². The van der Waals surface area contributed by atoms with Crippen molar-refractivity contribution in [3.8, 4) is 0 Å². The van der Waals surface area contributed by atoms with Gasteiger partial charge in [0.05, 0.1) is 39.7 Å². The van der Waals surface area contributed by atoms with Gasteiger partial charge in [-0.25, -0.2) is 4.98 Å². The Bertz CT molecular complexity index is 1100. The van der Waals surface area contributed by atoms with E-state index in [0.717, 1.165) is 37.1 Å². The van der Waals surface area contributed by atoms with Crippen LogP contribution in [0.4, 0.5) is 5.69 Å². The molecule has 2 aromatic rings. The first-order valence-corrected chi connectivity index (χ1v) is 12.1. The Morgan fingerprint density at radius 2 is 2.03 bits per heavy atom. The summed E-state index contributed by atoms with van der Waals surface area (Å²) in [4.78, 5) is 36.9. The molecule has 2 fully saturated rings. The molecule has 2 aliphatic rings. The number of carboxylic acids is 1. The van der Waals surface area contributed by atoms with Crippen molar-refractivity contribution < 1.29 is 14.7 Å². The Morgan fingerprint density at radius 3 is 2.74 bits per heavy atom. The number of imidazole rings is 1. The number of likely N-dealkylation sites (tertiary alicyclic amines) is 2. The van der Waals surface area contributed by atoms with E-state index in [2.05, 4.69) is 21.6 Å². The molecule has 180 valence electrons. The van der Waals surface area contributed by atoms with E-state index in [1.807, 2.05) is 22.9 Å². The number of nitrogens with zero attached hydrogens (tertiary/aromatic N) is 5. The summed E-state index contributed by atoms with van der Waals surface area (Å²) in [6.07, 6.45) is 10.2. The molecule has 1 unspecified atom stereocenters.